The molecule has 0 spiro atoms. The van der Waals surface area contributed by atoms with Crippen LogP contribution >= 0.6 is 11.6 Å². The fraction of sp³-hybridized carbons (Fsp3) is 0.188. The molecule has 0 aliphatic heterocycles. The number of hydrogen-bond acceptors (Lipinski definition) is 5. The lowest BCUT2D eigenvalue weighted by molar-refractivity contribution is -0.123. The van der Waals surface area contributed by atoms with Crippen molar-refractivity contribution in [2.45, 2.75) is 17.9 Å². The van der Waals surface area contributed by atoms with E-state index in [1.165, 1.54) is 18.2 Å². The highest BCUT2D eigenvalue weighted by Crippen LogP contribution is 2.28. The lowest BCUT2D eigenvalue weighted by Gasteiger charge is -2.15. The molecule has 134 valence electrons. The second-order valence-corrected chi connectivity index (χ2v) is 7.32. The van der Waals surface area contributed by atoms with Crippen LogP contribution in [-0.4, -0.2) is 20.9 Å². The molecule has 4 N–H and O–H groups in total. The number of rotatable bonds is 7. The molecule has 0 aliphatic rings. The average molecular weight is 384 g/mol. The third-order valence-corrected chi connectivity index (χ3v) is 5.20. The van der Waals surface area contributed by atoms with Gasteiger partial charge in [0.1, 0.15) is 5.75 Å². The van der Waals surface area contributed by atoms with Crippen molar-refractivity contribution in [3.63, 3.8) is 0 Å². The Kier molecular flexibility index (Phi) is 6.38. The highest BCUT2D eigenvalue weighted by atomic mass is 35.5. The molecular formula is C16H18ClN3O4S. The van der Waals surface area contributed by atoms with Gasteiger partial charge in [-0.3, -0.25) is 10.2 Å². The molecule has 0 radical (unpaired) electrons. The smallest absolute Gasteiger partial charge is 0.271 e. The monoisotopic (exact) mass is 383 g/mol. The molecule has 0 fully saturated rings. The van der Waals surface area contributed by atoms with Crippen LogP contribution in [0.2, 0.25) is 5.02 Å². The molecule has 0 bridgehead atoms. The molecule has 2 aromatic rings. The third kappa shape index (κ3) is 5.17. The molecule has 0 aliphatic carbocycles. The Morgan fingerprint density at radius 2 is 1.92 bits per heavy atom. The summed E-state index contributed by atoms with van der Waals surface area (Å²) in [7, 11) is -3.77. The van der Waals surface area contributed by atoms with Gasteiger partial charge >= 0.3 is 0 Å². The SMILES string of the molecule is C[C@@H](NS(=O)(=O)c1ccc(OCC(=O)NN)c(Cl)c1)c1ccccc1. The molecule has 0 saturated carbocycles. The number of hydrogen-bond donors (Lipinski definition) is 3. The van der Waals surface area contributed by atoms with Gasteiger partial charge in [0.25, 0.3) is 5.91 Å². The van der Waals surface area contributed by atoms with E-state index in [0.29, 0.717) is 0 Å². The van der Waals surface area contributed by atoms with Crippen molar-refractivity contribution < 1.29 is 17.9 Å². The van der Waals surface area contributed by atoms with E-state index in [9.17, 15) is 13.2 Å². The van der Waals surface area contributed by atoms with Gasteiger partial charge in [0, 0.05) is 6.04 Å². The lowest BCUT2D eigenvalue weighted by Crippen LogP contribution is -2.34. The molecular weight excluding hydrogens is 366 g/mol. The summed E-state index contributed by atoms with van der Waals surface area (Å²) >= 11 is 6.04. The molecule has 9 heteroatoms. The maximum atomic E-state index is 12.5. The first kappa shape index (κ1) is 19.2. The Balaban J connectivity index is 2.14. The zero-order valence-electron chi connectivity index (χ0n) is 13.4. The number of nitrogens with two attached hydrogens (primary N) is 1. The molecule has 0 heterocycles. The number of benzene rings is 2. The number of amides is 1. The average Bonchev–Trinajstić information content (AvgIpc) is 2.60. The minimum Gasteiger partial charge on any atom is -0.482 e. The van der Waals surface area contributed by atoms with E-state index in [-0.39, 0.29) is 22.3 Å². The number of carbonyl (C=O) groups excluding carboxylic acids is 1. The predicted molar refractivity (Wildman–Crippen MR) is 94.5 cm³/mol. The minimum absolute atomic E-state index is 0.00379. The Labute approximate surface area is 151 Å². The van der Waals surface area contributed by atoms with E-state index >= 15 is 0 Å². The van der Waals surface area contributed by atoms with E-state index in [4.69, 9.17) is 22.2 Å². The molecule has 0 saturated heterocycles. The largest absolute Gasteiger partial charge is 0.482 e. The molecule has 25 heavy (non-hydrogen) atoms. The zero-order valence-corrected chi connectivity index (χ0v) is 15.0. The maximum Gasteiger partial charge on any atom is 0.271 e. The maximum absolute atomic E-state index is 12.5. The fourth-order valence-corrected chi connectivity index (χ4v) is 3.62. The summed E-state index contributed by atoms with van der Waals surface area (Å²) in [5.74, 6) is 4.59. The van der Waals surface area contributed by atoms with Crippen LogP contribution in [0.3, 0.4) is 0 Å². The highest BCUT2D eigenvalue weighted by molar-refractivity contribution is 7.89. The van der Waals surface area contributed by atoms with Crippen LogP contribution in [0.4, 0.5) is 0 Å². The van der Waals surface area contributed by atoms with E-state index in [1.807, 2.05) is 35.8 Å². The standard InChI is InChI=1S/C16H18ClN3O4S/c1-11(12-5-3-2-4-6-12)20-25(22,23)13-7-8-15(14(17)9-13)24-10-16(21)19-18/h2-9,11,20H,10,18H2,1H3,(H,19,21)/t11-/m1/s1. The van der Waals surface area contributed by atoms with Gasteiger partial charge in [-0.05, 0) is 30.7 Å². The molecule has 0 aromatic heterocycles. The van der Waals surface area contributed by atoms with Crippen molar-refractivity contribution >= 4 is 27.5 Å². The van der Waals surface area contributed by atoms with E-state index in [1.54, 1.807) is 6.92 Å². The topological polar surface area (TPSA) is 111 Å². The summed E-state index contributed by atoms with van der Waals surface area (Å²) in [5, 5.41) is 0.0695. The summed E-state index contributed by atoms with van der Waals surface area (Å²) in [6, 6.07) is 12.8. The van der Waals surface area contributed by atoms with Crippen LogP contribution < -0.4 is 20.7 Å². The number of nitrogens with one attached hydrogen (secondary N) is 2. The lowest BCUT2D eigenvalue weighted by atomic mass is 10.1. The van der Waals surface area contributed by atoms with Crippen LogP contribution in [0.1, 0.15) is 18.5 Å². The van der Waals surface area contributed by atoms with Crippen LogP contribution in [0.15, 0.2) is 53.4 Å². The molecule has 1 atom stereocenters. The van der Waals surface area contributed by atoms with Gasteiger partial charge < -0.3 is 4.74 Å². The molecule has 7 nitrogen and oxygen atoms in total. The number of carbonyl (C=O) groups is 1. The molecule has 1 amide bonds. The molecule has 2 rings (SSSR count). The van der Waals surface area contributed by atoms with Crippen LogP contribution in [0.25, 0.3) is 0 Å². The highest BCUT2D eigenvalue weighted by Gasteiger charge is 2.20. The van der Waals surface area contributed by atoms with Gasteiger partial charge in [0.2, 0.25) is 10.0 Å². The Morgan fingerprint density at radius 1 is 1.24 bits per heavy atom. The first-order valence-electron chi connectivity index (χ1n) is 7.32. The van der Waals surface area contributed by atoms with Gasteiger partial charge in [-0.15, -0.1) is 0 Å². The number of hydrazine groups is 1. The van der Waals surface area contributed by atoms with E-state index in [2.05, 4.69) is 4.72 Å². The Hall–Kier alpha value is -2.13. The van der Waals surface area contributed by atoms with Crippen molar-refractivity contribution in [2.24, 2.45) is 5.84 Å². The normalized spacial score (nSPS) is 12.4. The summed E-state index contributed by atoms with van der Waals surface area (Å²) in [6.45, 7) is 1.42. The van der Waals surface area contributed by atoms with E-state index in [0.717, 1.165) is 5.56 Å². The second kappa shape index (κ2) is 8.30. The molecule has 0 unspecified atom stereocenters. The molecule has 2 aromatic carbocycles. The number of ether oxygens (including phenoxy) is 1. The van der Waals surface area contributed by atoms with Crippen LogP contribution in [-0.2, 0) is 14.8 Å². The van der Waals surface area contributed by atoms with Crippen LogP contribution in [0, 0.1) is 0 Å². The Bertz CT molecular complexity index is 844. The predicted octanol–water partition coefficient (Wildman–Crippen LogP) is 1.75. The van der Waals surface area contributed by atoms with Gasteiger partial charge in [-0.2, -0.15) is 0 Å². The second-order valence-electron chi connectivity index (χ2n) is 5.20. The summed E-state index contributed by atoms with van der Waals surface area (Å²) in [4.78, 5) is 11.1. The van der Waals surface area contributed by atoms with Gasteiger partial charge in [0.05, 0.1) is 9.92 Å². The van der Waals surface area contributed by atoms with Crippen molar-refractivity contribution in [1.82, 2.24) is 10.1 Å². The first-order valence-corrected chi connectivity index (χ1v) is 9.18. The van der Waals surface area contributed by atoms with Crippen molar-refractivity contribution in [3.8, 4) is 5.75 Å². The summed E-state index contributed by atoms with van der Waals surface area (Å²) < 4.78 is 32.8. The quantitative estimate of drug-likeness (QED) is 0.383. The van der Waals surface area contributed by atoms with Crippen molar-refractivity contribution in [3.05, 3.63) is 59.1 Å². The summed E-state index contributed by atoms with van der Waals surface area (Å²) in [6.07, 6.45) is 0. The first-order chi connectivity index (χ1) is 11.8. The van der Waals surface area contributed by atoms with E-state index < -0.39 is 22.0 Å². The van der Waals surface area contributed by atoms with Gasteiger partial charge in [-0.1, -0.05) is 41.9 Å². The Morgan fingerprint density at radius 3 is 2.52 bits per heavy atom. The number of sulfonamides is 1. The minimum atomic E-state index is -3.77. The fourth-order valence-electron chi connectivity index (χ4n) is 2.06. The van der Waals surface area contributed by atoms with Crippen LogP contribution in [0.5, 0.6) is 5.75 Å². The van der Waals surface area contributed by atoms with Gasteiger partial charge in [0.15, 0.2) is 6.61 Å². The van der Waals surface area contributed by atoms with Crippen molar-refractivity contribution in [1.29, 1.82) is 0 Å². The van der Waals surface area contributed by atoms with Crippen molar-refractivity contribution in [2.75, 3.05) is 6.61 Å². The third-order valence-electron chi connectivity index (χ3n) is 3.36. The number of halogens is 1. The zero-order chi connectivity index (χ0) is 18.4. The van der Waals surface area contributed by atoms with Gasteiger partial charge in [-0.25, -0.2) is 19.0 Å². The summed E-state index contributed by atoms with van der Waals surface area (Å²) in [5.41, 5.74) is 2.75.